The van der Waals surface area contributed by atoms with E-state index in [4.69, 9.17) is 9.47 Å². The lowest BCUT2D eigenvalue weighted by molar-refractivity contribution is -0.149. The van der Waals surface area contributed by atoms with E-state index in [9.17, 15) is 14.4 Å². The molecule has 29 heavy (non-hydrogen) atoms. The van der Waals surface area contributed by atoms with E-state index in [0.29, 0.717) is 17.0 Å². The number of anilines is 1. The average molecular weight is 397 g/mol. The van der Waals surface area contributed by atoms with Crippen LogP contribution in [-0.2, 0) is 19.7 Å². The molecular formula is C23H27NO5. The summed E-state index contributed by atoms with van der Waals surface area (Å²) in [5.74, 6) is -0.593. The molecule has 0 fully saturated rings. The Labute approximate surface area is 171 Å². The van der Waals surface area contributed by atoms with Gasteiger partial charge in [0.15, 0.2) is 18.5 Å². The van der Waals surface area contributed by atoms with Crippen LogP contribution in [0, 0.1) is 0 Å². The summed E-state index contributed by atoms with van der Waals surface area (Å²) in [5.41, 5.74) is 2.17. The fraction of sp³-hybridized carbons (Fsp3) is 0.348. The van der Waals surface area contributed by atoms with Gasteiger partial charge >= 0.3 is 5.97 Å². The second kappa shape index (κ2) is 9.37. The summed E-state index contributed by atoms with van der Waals surface area (Å²) in [6, 6.07) is 13.9. The Kier molecular flexibility index (Phi) is 7.15. The van der Waals surface area contributed by atoms with Crippen LogP contribution in [0.25, 0.3) is 0 Å². The minimum absolute atomic E-state index is 0.0315. The van der Waals surface area contributed by atoms with Crippen molar-refractivity contribution >= 4 is 23.3 Å². The van der Waals surface area contributed by atoms with Crippen molar-refractivity contribution in [1.29, 1.82) is 0 Å². The zero-order valence-corrected chi connectivity index (χ0v) is 17.4. The van der Waals surface area contributed by atoms with E-state index in [-0.39, 0.29) is 23.7 Å². The number of hydrogen-bond donors (Lipinski definition) is 1. The van der Waals surface area contributed by atoms with Gasteiger partial charge in [0.05, 0.1) is 0 Å². The molecule has 0 saturated heterocycles. The normalized spacial score (nSPS) is 12.0. The quantitative estimate of drug-likeness (QED) is 0.561. The van der Waals surface area contributed by atoms with Crippen LogP contribution in [0.2, 0.25) is 0 Å². The van der Waals surface area contributed by atoms with Gasteiger partial charge in [-0.25, -0.2) is 4.79 Å². The van der Waals surface area contributed by atoms with Crippen molar-refractivity contribution in [3.05, 3.63) is 59.7 Å². The van der Waals surface area contributed by atoms with E-state index in [2.05, 4.69) is 26.1 Å². The van der Waals surface area contributed by atoms with Crippen LogP contribution < -0.4 is 10.1 Å². The van der Waals surface area contributed by atoms with Gasteiger partial charge in [0.2, 0.25) is 5.91 Å². The summed E-state index contributed by atoms with van der Waals surface area (Å²) >= 11 is 0. The predicted molar refractivity (Wildman–Crippen MR) is 111 cm³/mol. The third-order valence-corrected chi connectivity index (χ3v) is 4.24. The highest BCUT2D eigenvalue weighted by Gasteiger charge is 2.19. The molecule has 6 nitrogen and oxygen atoms in total. The summed E-state index contributed by atoms with van der Waals surface area (Å²) in [6.07, 6.45) is -0.842. The van der Waals surface area contributed by atoms with Crippen LogP contribution in [0.15, 0.2) is 48.5 Å². The monoisotopic (exact) mass is 397 g/mol. The number of ether oxygens (including phenoxy) is 2. The number of benzene rings is 2. The van der Waals surface area contributed by atoms with Gasteiger partial charge in [-0.3, -0.25) is 9.59 Å². The topological polar surface area (TPSA) is 81.7 Å². The molecule has 0 radical (unpaired) electrons. The highest BCUT2D eigenvalue weighted by Crippen LogP contribution is 2.24. The second-order valence-electron chi connectivity index (χ2n) is 7.82. The lowest BCUT2D eigenvalue weighted by atomic mass is 9.87. The van der Waals surface area contributed by atoms with Crippen molar-refractivity contribution in [3.63, 3.8) is 0 Å². The van der Waals surface area contributed by atoms with Crippen molar-refractivity contribution < 1.29 is 23.9 Å². The van der Waals surface area contributed by atoms with Crippen molar-refractivity contribution in [2.45, 2.75) is 46.1 Å². The molecule has 2 aromatic rings. The SMILES string of the molecule is CC(=O)Nc1ccc(C(=O)COC(=O)[C@H](C)Oc2ccc(C(C)(C)C)cc2)cc1. The Bertz CT molecular complexity index is 864. The molecule has 0 aromatic heterocycles. The molecule has 1 amide bonds. The first-order chi connectivity index (χ1) is 13.6. The number of rotatable bonds is 7. The summed E-state index contributed by atoms with van der Waals surface area (Å²) < 4.78 is 10.7. The maximum Gasteiger partial charge on any atom is 0.347 e. The third-order valence-electron chi connectivity index (χ3n) is 4.24. The highest BCUT2D eigenvalue weighted by atomic mass is 16.6. The van der Waals surface area contributed by atoms with Crippen molar-refractivity contribution in [3.8, 4) is 5.75 Å². The van der Waals surface area contributed by atoms with Crippen molar-refractivity contribution in [1.82, 2.24) is 0 Å². The van der Waals surface area contributed by atoms with E-state index in [1.165, 1.54) is 6.92 Å². The molecule has 6 heteroatoms. The lowest BCUT2D eigenvalue weighted by Gasteiger charge is -2.20. The average Bonchev–Trinajstić information content (AvgIpc) is 2.65. The molecule has 0 aliphatic heterocycles. The minimum atomic E-state index is -0.842. The fourth-order valence-electron chi connectivity index (χ4n) is 2.57. The predicted octanol–water partition coefficient (Wildman–Crippen LogP) is 4.14. The highest BCUT2D eigenvalue weighted by molar-refractivity contribution is 5.98. The molecule has 0 saturated carbocycles. The van der Waals surface area contributed by atoms with Gasteiger partial charge in [0, 0.05) is 18.2 Å². The summed E-state index contributed by atoms with van der Waals surface area (Å²) in [4.78, 5) is 35.3. The Balaban J connectivity index is 1.86. The maximum atomic E-state index is 12.2. The first-order valence-corrected chi connectivity index (χ1v) is 9.41. The molecule has 0 unspecified atom stereocenters. The van der Waals surface area contributed by atoms with E-state index >= 15 is 0 Å². The fourth-order valence-corrected chi connectivity index (χ4v) is 2.57. The second-order valence-corrected chi connectivity index (χ2v) is 7.82. The van der Waals surface area contributed by atoms with E-state index in [1.54, 1.807) is 31.2 Å². The molecule has 0 bridgehead atoms. The number of amides is 1. The summed E-state index contributed by atoms with van der Waals surface area (Å²) in [7, 11) is 0. The standard InChI is InChI=1S/C23H27NO5/c1-15(29-20-12-8-18(9-13-20)23(3,4)5)22(27)28-14-21(26)17-6-10-19(11-7-17)24-16(2)25/h6-13,15H,14H2,1-5H3,(H,24,25)/t15-/m0/s1. The van der Waals surface area contributed by atoms with Crippen molar-refractivity contribution in [2.24, 2.45) is 0 Å². The Morgan fingerprint density at radius 1 is 0.966 bits per heavy atom. The van der Waals surface area contributed by atoms with Crippen LogP contribution in [-0.4, -0.2) is 30.4 Å². The molecular weight excluding hydrogens is 370 g/mol. The number of esters is 1. The van der Waals surface area contributed by atoms with E-state index < -0.39 is 12.1 Å². The van der Waals surface area contributed by atoms with Gasteiger partial charge in [-0.1, -0.05) is 32.9 Å². The first-order valence-electron chi connectivity index (χ1n) is 9.41. The number of Topliss-reactive ketones (excluding diaryl/α,β-unsaturated/α-hetero) is 1. The van der Waals surface area contributed by atoms with Crippen LogP contribution >= 0.6 is 0 Å². The molecule has 0 heterocycles. The number of carbonyl (C=O) groups excluding carboxylic acids is 3. The number of nitrogens with one attached hydrogen (secondary N) is 1. The van der Waals surface area contributed by atoms with Gasteiger partial charge in [-0.15, -0.1) is 0 Å². The molecule has 2 aromatic carbocycles. The van der Waals surface area contributed by atoms with Gasteiger partial charge in [-0.2, -0.15) is 0 Å². The molecule has 0 aliphatic carbocycles. The summed E-state index contributed by atoms with van der Waals surface area (Å²) in [6.45, 7) is 8.95. The molecule has 2 rings (SSSR count). The summed E-state index contributed by atoms with van der Waals surface area (Å²) in [5, 5.41) is 2.62. The number of carbonyl (C=O) groups is 3. The number of ketones is 1. The van der Waals surface area contributed by atoms with Crippen molar-refractivity contribution in [2.75, 3.05) is 11.9 Å². The van der Waals surface area contributed by atoms with Crippen LogP contribution in [0.1, 0.15) is 50.5 Å². The maximum absolute atomic E-state index is 12.2. The van der Waals surface area contributed by atoms with E-state index in [1.807, 2.05) is 24.3 Å². The smallest absolute Gasteiger partial charge is 0.347 e. The van der Waals surface area contributed by atoms with Crippen LogP contribution in [0.3, 0.4) is 0 Å². The zero-order chi connectivity index (χ0) is 21.6. The van der Waals surface area contributed by atoms with Gasteiger partial charge in [0.25, 0.3) is 0 Å². The first kappa shape index (κ1) is 22.1. The van der Waals surface area contributed by atoms with Gasteiger partial charge < -0.3 is 14.8 Å². The molecule has 1 N–H and O–H groups in total. The largest absolute Gasteiger partial charge is 0.479 e. The molecule has 0 aliphatic rings. The van der Waals surface area contributed by atoms with Gasteiger partial charge in [-0.05, 0) is 54.3 Å². The van der Waals surface area contributed by atoms with Gasteiger partial charge in [0.1, 0.15) is 5.75 Å². The number of hydrogen-bond acceptors (Lipinski definition) is 5. The Hall–Kier alpha value is -3.15. The molecule has 0 spiro atoms. The third kappa shape index (κ3) is 6.75. The lowest BCUT2D eigenvalue weighted by Crippen LogP contribution is -2.28. The zero-order valence-electron chi connectivity index (χ0n) is 17.4. The Morgan fingerprint density at radius 2 is 1.55 bits per heavy atom. The molecule has 1 atom stereocenters. The van der Waals surface area contributed by atoms with Crippen LogP contribution in [0.5, 0.6) is 5.75 Å². The van der Waals surface area contributed by atoms with E-state index in [0.717, 1.165) is 5.56 Å². The Morgan fingerprint density at radius 3 is 2.07 bits per heavy atom. The minimum Gasteiger partial charge on any atom is -0.479 e. The van der Waals surface area contributed by atoms with Crippen LogP contribution in [0.4, 0.5) is 5.69 Å². The molecule has 154 valence electrons.